The maximum atomic E-state index is 10.6. The first-order chi connectivity index (χ1) is 9.63. The smallest absolute Gasteiger partial charge is 0.287 e. The van der Waals surface area contributed by atoms with E-state index in [1.165, 1.54) is 24.0 Å². The van der Waals surface area contributed by atoms with Gasteiger partial charge < -0.3 is 5.32 Å². The lowest BCUT2D eigenvalue weighted by Crippen LogP contribution is -1.98. The third-order valence-electron chi connectivity index (χ3n) is 2.88. The molecule has 1 aliphatic rings. The molecule has 3 rings (SSSR count). The second-order valence-corrected chi connectivity index (χ2v) is 5.85. The minimum absolute atomic E-state index is 0.0102. The molecular formula is C12H9ClN4O2S. The number of nitrogens with one attached hydrogen (secondary N) is 1. The van der Waals surface area contributed by atoms with Crippen molar-refractivity contribution in [3.8, 4) is 0 Å². The Morgan fingerprint density at radius 2 is 2.25 bits per heavy atom. The van der Waals surface area contributed by atoms with Crippen LogP contribution in [0, 0.1) is 10.1 Å². The Kier molecular flexibility index (Phi) is 3.45. The third kappa shape index (κ3) is 2.54. The average Bonchev–Trinajstić information content (AvgIpc) is 2.82. The molecule has 0 saturated heterocycles. The van der Waals surface area contributed by atoms with E-state index in [0.29, 0.717) is 5.02 Å². The number of thioether (sulfide) groups is 1. The zero-order valence-corrected chi connectivity index (χ0v) is 11.7. The van der Waals surface area contributed by atoms with Gasteiger partial charge in [-0.25, -0.2) is 9.97 Å². The van der Waals surface area contributed by atoms with Crippen LogP contribution in [0.4, 0.5) is 11.5 Å². The second-order valence-electron chi connectivity index (χ2n) is 4.19. The lowest BCUT2D eigenvalue weighted by Gasteiger charge is -2.08. The standard InChI is InChI=1S/C12H9ClN4O2S/c13-7-3-9-10(6-16-12(9)15-4-7)20-11-2-1-8(5-14-11)17(18)19/h1-5,10H,6H2,(H,15,16). The van der Waals surface area contributed by atoms with E-state index in [1.54, 1.807) is 12.3 Å². The van der Waals surface area contributed by atoms with Crippen LogP contribution < -0.4 is 5.32 Å². The molecule has 0 aromatic carbocycles. The number of anilines is 1. The molecule has 0 aliphatic carbocycles. The first kappa shape index (κ1) is 13.1. The number of nitrogens with zero attached hydrogens (tertiary/aromatic N) is 3. The molecule has 102 valence electrons. The fourth-order valence-corrected chi connectivity index (χ4v) is 3.14. The normalized spacial score (nSPS) is 16.6. The molecule has 0 saturated carbocycles. The molecular weight excluding hydrogens is 300 g/mol. The van der Waals surface area contributed by atoms with Crippen molar-refractivity contribution in [2.24, 2.45) is 0 Å². The zero-order valence-electron chi connectivity index (χ0n) is 10.1. The highest BCUT2D eigenvalue weighted by molar-refractivity contribution is 7.99. The number of fused-ring (bicyclic) bond motifs is 1. The highest BCUT2D eigenvalue weighted by atomic mass is 35.5. The van der Waals surface area contributed by atoms with Crippen molar-refractivity contribution in [1.82, 2.24) is 9.97 Å². The van der Waals surface area contributed by atoms with E-state index in [-0.39, 0.29) is 10.9 Å². The van der Waals surface area contributed by atoms with E-state index < -0.39 is 4.92 Å². The summed E-state index contributed by atoms with van der Waals surface area (Å²) in [5.41, 5.74) is 1.02. The van der Waals surface area contributed by atoms with Crippen LogP contribution in [0.3, 0.4) is 0 Å². The van der Waals surface area contributed by atoms with Crippen molar-refractivity contribution in [2.45, 2.75) is 10.3 Å². The molecule has 1 unspecified atom stereocenters. The predicted molar refractivity (Wildman–Crippen MR) is 77.2 cm³/mol. The highest BCUT2D eigenvalue weighted by Crippen LogP contribution is 2.41. The van der Waals surface area contributed by atoms with Crippen molar-refractivity contribution in [2.75, 3.05) is 11.9 Å². The summed E-state index contributed by atoms with van der Waals surface area (Å²) in [6.45, 7) is 0.728. The SMILES string of the molecule is O=[N+]([O-])c1ccc(SC2CNc3ncc(Cl)cc32)nc1. The Morgan fingerprint density at radius 1 is 1.40 bits per heavy atom. The van der Waals surface area contributed by atoms with Gasteiger partial charge in [-0.1, -0.05) is 23.4 Å². The van der Waals surface area contributed by atoms with Crippen molar-refractivity contribution in [3.05, 3.63) is 51.3 Å². The lowest BCUT2D eigenvalue weighted by molar-refractivity contribution is -0.385. The lowest BCUT2D eigenvalue weighted by atomic mass is 10.2. The van der Waals surface area contributed by atoms with Crippen molar-refractivity contribution < 1.29 is 4.92 Å². The minimum atomic E-state index is -0.461. The van der Waals surface area contributed by atoms with Crippen LogP contribution in [0.25, 0.3) is 0 Å². The van der Waals surface area contributed by atoms with Gasteiger partial charge in [-0.2, -0.15) is 0 Å². The van der Waals surface area contributed by atoms with Crippen LogP contribution in [0.2, 0.25) is 5.02 Å². The van der Waals surface area contributed by atoms with E-state index in [4.69, 9.17) is 11.6 Å². The summed E-state index contributed by atoms with van der Waals surface area (Å²) in [7, 11) is 0. The van der Waals surface area contributed by atoms with Crippen LogP contribution in [-0.4, -0.2) is 21.4 Å². The predicted octanol–water partition coefficient (Wildman–Crippen LogP) is 3.30. The first-order valence-electron chi connectivity index (χ1n) is 5.80. The van der Waals surface area contributed by atoms with Gasteiger partial charge >= 0.3 is 0 Å². The van der Waals surface area contributed by atoms with Gasteiger partial charge in [-0.05, 0) is 12.1 Å². The van der Waals surface area contributed by atoms with E-state index in [0.717, 1.165) is 23.0 Å². The van der Waals surface area contributed by atoms with Crippen molar-refractivity contribution >= 4 is 34.9 Å². The number of hydrogen-bond acceptors (Lipinski definition) is 6. The molecule has 20 heavy (non-hydrogen) atoms. The number of rotatable bonds is 3. The van der Waals surface area contributed by atoms with Crippen molar-refractivity contribution in [1.29, 1.82) is 0 Å². The summed E-state index contributed by atoms with van der Waals surface area (Å²) in [6, 6.07) is 4.99. The quantitative estimate of drug-likeness (QED) is 0.692. The topological polar surface area (TPSA) is 81.0 Å². The van der Waals surface area contributed by atoms with E-state index in [1.807, 2.05) is 6.07 Å². The third-order valence-corrected chi connectivity index (χ3v) is 4.27. The van der Waals surface area contributed by atoms with Gasteiger partial charge in [0.15, 0.2) is 0 Å². The summed E-state index contributed by atoms with van der Waals surface area (Å²) in [4.78, 5) is 18.4. The molecule has 0 fully saturated rings. The molecule has 1 N–H and O–H groups in total. The van der Waals surface area contributed by atoms with Crippen LogP contribution in [-0.2, 0) is 0 Å². The number of pyridine rings is 2. The van der Waals surface area contributed by atoms with E-state index >= 15 is 0 Å². The highest BCUT2D eigenvalue weighted by Gasteiger charge is 2.25. The van der Waals surface area contributed by atoms with Crippen LogP contribution >= 0.6 is 23.4 Å². The van der Waals surface area contributed by atoms with E-state index in [9.17, 15) is 10.1 Å². The summed E-state index contributed by atoms with van der Waals surface area (Å²) >= 11 is 7.49. The Morgan fingerprint density at radius 3 is 2.95 bits per heavy atom. The fourth-order valence-electron chi connectivity index (χ4n) is 1.95. The van der Waals surface area contributed by atoms with Gasteiger partial charge in [0.2, 0.25) is 0 Å². The van der Waals surface area contributed by atoms with Gasteiger partial charge in [-0.3, -0.25) is 10.1 Å². The minimum Gasteiger partial charge on any atom is -0.368 e. The average molecular weight is 309 g/mol. The second kappa shape index (κ2) is 5.26. The summed E-state index contributed by atoms with van der Waals surface area (Å²) in [5, 5.41) is 15.3. The van der Waals surface area contributed by atoms with Gasteiger partial charge in [0.25, 0.3) is 5.69 Å². The van der Waals surface area contributed by atoms with Crippen LogP contribution in [0.5, 0.6) is 0 Å². The molecule has 2 aromatic rings. The molecule has 0 bridgehead atoms. The summed E-state index contributed by atoms with van der Waals surface area (Å²) in [5.74, 6) is 0.828. The van der Waals surface area contributed by atoms with Gasteiger partial charge in [0, 0.05) is 24.4 Å². The molecule has 1 atom stereocenters. The number of hydrogen-bond donors (Lipinski definition) is 1. The number of halogens is 1. The van der Waals surface area contributed by atoms with Crippen molar-refractivity contribution in [3.63, 3.8) is 0 Å². The number of aromatic nitrogens is 2. The Hall–Kier alpha value is -1.86. The van der Waals surface area contributed by atoms with Gasteiger partial charge in [-0.15, -0.1) is 0 Å². The molecule has 8 heteroatoms. The molecule has 0 amide bonds. The molecule has 1 aliphatic heterocycles. The molecule has 3 heterocycles. The Balaban J connectivity index is 1.80. The summed E-state index contributed by atoms with van der Waals surface area (Å²) < 4.78 is 0. The van der Waals surface area contributed by atoms with Gasteiger partial charge in [0.1, 0.15) is 12.0 Å². The Labute approximate surface area is 123 Å². The fraction of sp³-hybridized carbons (Fsp3) is 0.167. The van der Waals surface area contributed by atoms with Gasteiger partial charge in [0.05, 0.1) is 20.2 Å². The molecule has 0 spiro atoms. The maximum absolute atomic E-state index is 10.6. The molecule has 0 radical (unpaired) electrons. The number of nitro groups is 1. The maximum Gasteiger partial charge on any atom is 0.287 e. The molecule has 6 nitrogen and oxygen atoms in total. The molecule has 2 aromatic heterocycles. The van der Waals surface area contributed by atoms with Crippen LogP contribution in [0.1, 0.15) is 10.8 Å². The van der Waals surface area contributed by atoms with Crippen LogP contribution in [0.15, 0.2) is 35.6 Å². The zero-order chi connectivity index (χ0) is 14.1. The Bertz CT molecular complexity index is 665. The largest absolute Gasteiger partial charge is 0.368 e. The monoisotopic (exact) mass is 308 g/mol. The van der Waals surface area contributed by atoms with E-state index in [2.05, 4.69) is 15.3 Å². The summed E-state index contributed by atoms with van der Waals surface area (Å²) in [6.07, 6.45) is 2.87. The first-order valence-corrected chi connectivity index (χ1v) is 7.05.